The molecule has 0 saturated carbocycles. The highest BCUT2D eigenvalue weighted by Crippen LogP contribution is 2.22. The Hall–Kier alpha value is -4.32. The maximum Gasteiger partial charge on any atom is 0.271 e. The second-order valence-electron chi connectivity index (χ2n) is 6.96. The monoisotopic (exact) mass is 450 g/mol. The average molecular weight is 450 g/mol. The van der Waals surface area contributed by atoms with E-state index in [9.17, 15) is 10.1 Å². The quantitative estimate of drug-likeness (QED) is 0.299. The molecule has 0 bridgehead atoms. The van der Waals surface area contributed by atoms with Gasteiger partial charge in [0.25, 0.3) is 5.69 Å². The molecule has 0 spiro atoms. The third-order valence-electron chi connectivity index (χ3n) is 4.72. The Morgan fingerprint density at radius 1 is 1.12 bits per heavy atom. The van der Waals surface area contributed by atoms with Crippen molar-refractivity contribution in [3.05, 3.63) is 64.2 Å². The van der Waals surface area contributed by atoms with E-state index in [0.717, 1.165) is 11.3 Å². The lowest BCUT2D eigenvalue weighted by atomic mass is 10.2. The van der Waals surface area contributed by atoms with Crippen LogP contribution >= 0.6 is 0 Å². The number of hydrogen-bond acceptors (Lipinski definition) is 11. The predicted molar refractivity (Wildman–Crippen MR) is 123 cm³/mol. The molecule has 2 N–H and O–H groups in total. The number of non-ortho nitro benzene ring substituents is 1. The van der Waals surface area contributed by atoms with Gasteiger partial charge in [0.2, 0.25) is 17.8 Å². The second-order valence-corrected chi connectivity index (χ2v) is 6.96. The summed E-state index contributed by atoms with van der Waals surface area (Å²) in [5, 5.41) is 18.3. The normalized spacial score (nSPS) is 13.7. The number of ether oxygens (including phenoxy) is 2. The lowest BCUT2D eigenvalue weighted by Gasteiger charge is -2.27. The van der Waals surface area contributed by atoms with E-state index in [-0.39, 0.29) is 17.6 Å². The SMILES string of the molecule is COc1ccc(C=NNc2nc(Nc3cccc([N+](=O)[O-])c3)nc(N3CCOCC3)n2)cc1. The molecule has 3 aromatic rings. The number of nitrogens with one attached hydrogen (secondary N) is 2. The van der Waals surface area contributed by atoms with E-state index >= 15 is 0 Å². The zero-order chi connectivity index (χ0) is 23.0. The van der Waals surface area contributed by atoms with Crippen LogP contribution in [0.2, 0.25) is 0 Å². The van der Waals surface area contributed by atoms with E-state index in [1.807, 2.05) is 29.2 Å². The fourth-order valence-corrected chi connectivity index (χ4v) is 3.06. The summed E-state index contributed by atoms with van der Waals surface area (Å²) in [4.78, 5) is 25.9. The van der Waals surface area contributed by atoms with Gasteiger partial charge in [0.1, 0.15) is 5.75 Å². The first-order valence-corrected chi connectivity index (χ1v) is 10.1. The van der Waals surface area contributed by atoms with Gasteiger partial charge < -0.3 is 19.7 Å². The number of benzene rings is 2. The van der Waals surface area contributed by atoms with Crippen molar-refractivity contribution in [3.8, 4) is 5.75 Å². The number of hydrogen-bond donors (Lipinski definition) is 2. The van der Waals surface area contributed by atoms with E-state index in [1.165, 1.54) is 12.1 Å². The molecule has 12 nitrogen and oxygen atoms in total. The van der Waals surface area contributed by atoms with Gasteiger partial charge in [-0.15, -0.1) is 0 Å². The van der Waals surface area contributed by atoms with E-state index in [2.05, 4.69) is 30.8 Å². The molecule has 0 unspecified atom stereocenters. The molecule has 1 fully saturated rings. The van der Waals surface area contributed by atoms with Crippen LogP contribution in [0.4, 0.5) is 29.2 Å². The zero-order valence-corrected chi connectivity index (χ0v) is 17.8. The lowest BCUT2D eigenvalue weighted by molar-refractivity contribution is -0.384. The minimum absolute atomic E-state index is 0.0371. The fourth-order valence-electron chi connectivity index (χ4n) is 3.06. The van der Waals surface area contributed by atoms with Crippen LogP contribution in [0.1, 0.15) is 5.56 Å². The van der Waals surface area contributed by atoms with Gasteiger partial charge in [0.05, 0.1) is 31.5 Å². The number of anilines is 4. The molecule has 0 atom stereocenters. The topological polar surface area (TPSA) is 140 Å². The molecule has 1 aromatic heterocycles. The Morgan fingerprint density at radius 2 is 1.88 bits per heavy atom. The molecule has 4 rings (SSSR count). The third-order valence-corrected chi connectivity index (χ3v) is 4.72. The summed E-state index contributed by atoms with van der Waals surface area (Å²) in [6.45, 7) is 2.40. The summed E-state index contributed by atoms with van der Waals surface area (Å²) in [7, 11) is 1.61. The number of nitro groups is 1. The molecular formula is C21H22N8O4. The third kappa shape index (κ3) is 5.89. The summed E-state index contributed by atoms with van der Waals surface area (Å²) < 4.78 is 10.6. The van der Waals surface area contributed by atoms with Crippen LogP contribution < -0.4 is 20.4 Å². The van der Waals surface area contributed by atoms with Crippen molar-refractivity contribution < 1.29 is 14.4 Å². The number of hydrazone groups is 1. The molecular weight excluding hydrogens is 428 g/mol. The van der Waals surface area contributed by atoms with E-state index < -0.39 is 4.92 Å². The van der Waals surface area contributed by atoms with Crippen molar-refractivity contribution in [3.63, 3.8) is 0 Å². The van der Waals surface area contributed by atoms with Crippen molar-refractivity contribution in [2.75, 3.05) is 49.1 Å². The highest BCUT2D eigenvalue weighted by atomic mass is 16.6. The fraction of sp³-hybridized carbons (Fsp3) is 0.238. The van der Waals surface area contributed by atoms with Gasteiger partial charge in [-0.05, 0) is 35.9 Å². The second kappa shape index (κ2) is 10.3. The predicted octanol–water partition coefficient (Wildman–Crippen LogP) is 2.81. The average Bonchev–Trinajstić information content (AvgIpc) is 2.85. The van der Waals surface area contributed by atoms with Gasteiger partial charge in [0, 0.05) is 30.9 Å². The largest absolute Gasteiger partial charge is 0.497 e. The molecule has 0 aliphatic carbocycles. The van der Waals surface area contributed by atoms with Gasteiger partial charge in [-0.1, -0.05) is 6.07 Å². The van der Waals surface area contributed by atoms with E-state index in [0.29, 0.717) is 37.9 Å². The Balaban J connectivity index is 1.56. The lowest BCUT2D eigenvalue weighted by Crippen LogP contribution is -2.37. The van der Waals surface area contributed by atoms with E-state index in [4.69, 9.17) is 9.47 Å². The maximum atomic E-state index is 11.1. The Bertz CT molecular complexity index is 1130. The molecule has 33 heavy (non-hydrogen) atoms. The van der Waals surface area contributed by atoms with Gasteiger partial charge in [-0.2, -0.15) is 20.1 Å². The van der Waals surface area contributed by atoms with Crippen molar-refractivity contribution in [1.29, 1.82) is 0 Å². The van der Waals surface area contributed by atoms with E-state index in [1.54, 1.807) is 25.5 Å². The van der Waals surface area contributed by atoms with Gasteiger partial charge >= 0.3 is 0 Å². The van der Waals surface area contributed by atoms with Crippen LogP contribution in [0.5, 0.6) is 5.75 Å². The van der Waals surface area contributed by atoms with Crippen LogP contribution in [0.3, 0.4) is 0 Å². The molecule has 0 radical (unpaired) electrons. The van der Waals surface area contributed by atoms with Crippen LogP contribution in [0.15, 0.2) is 53.6 Å². The maximum absolute atomic E-state index is 11.1. The van der Waals surface area contributed by atoms with Gasteiger partial charge in [0.15, 0.2) is 0 Å². The van der Waals surface area contributed by atoms with Crippen LogP contribution in [0, 0.1) is 10.1 Å². The standard InChI is InChI=1S/C21H22N8O4/c1-32-18-7-5-15(6-8-18)14-22-27-20-24-19(23-16-3-2-4-17(13-16)29(30)31)25-21(26-20)28-9-11-33-12-10-28/h2-8,13-14H,9-12H2,1H3,(H2,23,24,25,26,27). The first kappa shape index (κ1) is 21.9. The Labute approximate surface area is 189 Å². The molecule has 0 amide bonds. The molecule has 1 saturated heterocycles. The highest BCUT2D eigenvalue weighted by molar-refractivity contribution is 5.80. The Kier molecular flexibility index (Phi) is 6.85. The molecule has 1 aliphatic rings. The first-order valence-electron chi connectivity index (χ1n) is 10.1. The van der Waals surface area contributed by atoms with Crippen molar-refractivity contribution in [1.82, 2.24) is 15.0 Å². The number of morpholine rings is 1. The highest BCUT2D eigenvalue weighted by Gasteiger charge is 2.17. The Morgan fingerprint density at radius 3 is 2.61 bits per heavy atom. The van der Waals surface area contributed by atoms with Gasteiger partial charge in [-0.25, -0.2) is 5.43 Å². The summed E-state index contributed by atoms with van der Waals surface area (Å²) in [5.74, 6) is 1.66. The summed E-state index contributed by atoms with van der Waals surface area (Å²) in [6.07, 6.45) is 1.63. The number of nitro benzene ring substituents is 1. The summed E-state index contributed by atoms with van der Waals surface area (Å²) in [6, 6.07) is 13.5. The zero-order valence-electron chi connectivity index (χ0n) is 17.8. The number of rotatable bonds is 8. The molecule has 12 heteroatoms. The van der Waals surface area contributed by atoms with Crippen LogP contribution in [-0.4, -0.2) is 59.5 Å². The van der Waals surface area contributed by atoms with Crippen LogP contribution in [0.25, 0.3) is 0 Å². The summed E-state index contributed by atoms with van der Waals surface area (Å²) in [5.41, 5.74) is 4.13. The minimum atomic E-state index is -0.460. The van der Waals surface area contributed by atoms with Crippen LogP contribution in [-0.2, 0) is 4.74 Å². The molecule has 1 aliphatic heterocycles. The van der Waals surface area contributed by atoms with Crippen molar-refractivity contribution >= 4 is 35.4 Å². The van der Waals surface area contributed by atoms with Gasteiger partial charge in [-0.3, -0.25) is 10.1 Å². The minimum Gasteiger partial charge on any atom is -0.497 e. The molecule has 2 aromatic carbocycles. The molecule has 170 valence electrons. The first-order chi connectivity index (χ1) is 16.1. The number of aromatic nitrogens is 3. The van der Waals surface area contributed by atoms with Crippen molar-refractivity contribution in [2.24, 2.45) is 5.10 Å². The number of methoxy groups -OCH3 is 1. The smallest absolute Gasteiger partial charge is 0.271 e. The number of nitrogens with zero attached hydrogens (tertiary/aromatic N) is 6. The summed E-state index contributed by atoms with van der Waals surface area (Å²) >= 11 is 0. The van der Waals surface area contributed by atoms with Crippen molar-refractivity contribution in [2.45, 2.75) is 0 Å². The molecule has 2 heterocycles.